The second kappa shape index (κ2) is 15.7. The molecule has 0 spiro atoms. The fourth-order valence-corrected chi connectivity index (χ4v) is 1.25. The molecule has 0 heterocycles. The van der Waals surface area contributed by atoms with Gasteiger partial charge in [0, 0.05) is 19.6 Å². The lowest BCUT2D eigenvalue weighted by Crippen LogP contribution is -2.24. The SMILES string of the molecule is CCCN(C)CCC[18F].CN(CCO)CC[18F]. The lowest BCUT2D eigenvalue weighted by molar-refractivity contribution is 0.212. The Morgan fingerprint density at radius 1 is 0.882 bits per heavy atom. The van der Waals surface area contributed by atoms with Crippen molar-refractivity contribution in [1.82, 2.24) is 9.80 Å². The number of aliphatic hydroxyl groups is 1. The Kier molecular flexibility index (Phi) is 17.7. The smallest absolute Gasteiger partial charge is 0.102 e. The maximum Gasteiger partial charge on any atom is 0.102 e. The number of hydrogen-bond donors (Lipinski definition) is 1. The predicted octanol–water partition coefficient (Wildman–Crippen LogP) is 1.57. The van der Waals surface area contributed by atoms with Gasteiger partial charge in [0.1, 0.15) is 6.67 Å². The summed E-state index contributed by atoms with van der Waals surface area (Å²) in [6.07, 6.45) is 1.83. The van der Waals surface area contributed by atoms with E-state index in [1.54, 1.807) is 11.9 Å². The van der Waals surface area contributed by atoms with E-state index in [9.17, 15) is 8.78 Å². The molecule has 0 saturated heterocycles. The highest BCUT2D eigenvalue weighted by Crippen LogP contribution is 1.89. The second-order valence-electron chi connectivity index (χ2n) is 4.06. The molecular weight excluding hydrogens is 224 g/mol. The van der Waals surface area contributed by atoms with E-state index in [0.717, 1.165) is 19.5 Å². The first-order valence-electron chi connectivity index (χ1n) is 6.22. The van der Waals surface area contributed by atoms with Crippen molar-refractivity contribution in [2.45, 2.75) is 19.8 Å². The summed E-state index contributed by atoms with van der Waals surface area (Å²) in [5.41, 5.74) is 0. The Balaban J connectivity index is 0. The maximum atomic E-state index is 11.6. The van der Waals surface area contributed by atoms with E-state index in [-0.39, 0.29) is 20.0 Å². The van der Waals surface area contributed by atoms with Crippen LogP contribution in [0.5, 0.6) is 0 Å². The van der Waals surface area contributed by atoms with Gasteiger partial charge < -0.3 is 14.9 Å². The van der Waals surface area contributed by atoms with Crippen LogP contribution in [0.3, 0.4) is 0 Å². The van der Waals surface area contributed by atoms with Gasteiger partial charge in [0.25, 0.3) is 0 Å². The zero-order chi connectivity index (χ0) is 13.5. The standard InChI is InChI=1S/C7H16FN.C5H12FNO/c1-3-6-9(2)7-4-5-8;1-7(3-2-6)4-5-8/h3-7H2,1-2H3;8H,2-5H2,1H3/i8-1;6-1. The van der Waals surface area contributed by atoms with Crippen LogP contribution in [0.15, 0.2) is 0 Å². The molecule has 0 aromatic rings. The van der Waals surface area contributed by atoms with Crippen LogP contribution in [0.1, 0.15) is 19.8 Å². The summed E-state index contributed by atoms with van der Waals surface area (Å²) >= 11 is 0. The summed E-state index contributed by atoms with van der Waals surface area (Å²) in [4.78, 5) is 3.89. The van der Waals surface area contributed by atoms with Gasteiger partial charge in [-0.05, 0) is 33.5 Å². The molecule has 0 aromatic carbocycles. The first-order chi connectivity index (χ1) is 8.12. The molecule has 0 aliphatic carbocycles. The fraction of sp³-hybridized carbons (Fsp3) is 1.00. The Bertz CT molecular complexity index is 134. The number of nitrogens with zero attached hydrogens (tertiary/aromatic N) is 2. The van der Waals surface area contributed by atoms with Crippen molar-refractivity contribution in [2.75, 3.05) is 60.2 Å². The van der Waals surface area contributed by atoms with E-state index in [1.807, 2.05) is 7.05 Å². The van der Waals surface area contributed by atoms with Crippen LogP contribution in [0, 0.1) is 0 Å². The van der Waals surface area contributed by atoms with Crippen molar-refractivity contribution in [1.29, 1.82) is 0 Å². The van der Waals surface area contributed by atoms with Gasteiger partial charge in [-0.15, -0.1) is 0 Å². The normalized spacial score (nSPS) is 10.6. The first-order valence-corrected chi connectivity index (χ1v) is 6.22. The molecule has 3 nitrogen and oxygen atoms in total. The number of aliphatic hydroxyl groups excluding tert-OH is 1. The molecule has 1 N–H and O–H groups in total. The van der Waals surface area contributed by atoms with Crippen molar-refractivity contribution in [3.63, 3.8) is 0 Å². The van der Waals surface area contributed by atoms with Crippen molar-refractivity contribution in [2.24, 2.45) is 0 Å². The van der Waals surface area contributed by atoms with Crippen LogP contribution in [0.25, 0.3) is 0 Å². The largest absolute Gasteiger partial charge is 0.395 e. The first kappa shape index (κ1) is 19.1. The number of alkyl halides is 2. The molecule has 0 unspecified atom stereocenters. The zero-order valence-corrected chi connectivity index (χ0v) is 11.5. The molecule has 0 aliphatic rings. The van der Waals surface area contributed by atoms with Gasteiger partial charge in [0.15, 0.2) is 0 Å². The minimum absolute atomic E-state index is 0.108. The highest BCUT2D eigenvalue weighted by Gasteiger charge is 1.93. The fourth-order valence-electron chi connectivity index (χ4n) is 1.25. The van der Waals surface area contributed by atoms with Crippen LogP contribution < -0.4 is 0 Å². The predicted molar refractivity (Wildman–Crippen MR) is 68.9 cm³/mol. The molecule has 0 fully saturated rings. The summed E-state index contributed by atoms with van der Waals surface area (Å²) in [6, 6.07) is 0. The monoisotopic (exact) mass is 252 g/mol. The van der Waals surface area contributed by atoms with Gasteiger partial charge in [-0.3, -0.25) is 4.39 Å². The Morgan fingerprint density at radius 3 is 1.88 bits per heavy atom. The molecule has 0 atom stereocenters. The Morgan fingerprint density at radius 2 is 1.47 bits per heavy atom. The van der Waals surface area contributed by atoms with Crippen LogP contribution >= 0.6 is 0 Å². The molecule has 0 radical (unpaired) electrons. The molecule has 0 aliphatic heterocycles. The van der Waals surface area contributed by atoms with Gasteiger partial charge in [0.05, 0.1) is 13.3 Å². The van der Waals surface area contributed by atoms with Gasteiger partial charge >= 0.3 is 0 Å². The van der Waals surface area contributed by atoms with E-state index >= 15 is 0 Å². The van der Waals surface area contributed by atoms with Crippen LogP contribution in [-0.4, -0.2) is 75.1 Å². The van der Waals surface area contributed by atoms with E-state index in [0.29, 0.717) is 19.5 Å². The lowest BCUT2D eigenvalue weighted by Gasteiger charge is -2.13. The minimum atomic E-state index is -0.337. The third-order valence-electron chi connectivity index (χ3n) is 2.23. The third-order valence-corrected chi connectivity index (χ3v) is 2.23. The van der Waals surface area contributed by atoms with E-state index < -0.39 is 0 Å². The maximum absolute atomic E-state index is 11.6. The van der Waals surface area contributed by atoms with Gasteiger partial charge in [-0.2, -0.15) is 0 Å². The summed E-state index contributed by atoms with van der Waals surface area (Å²) in [5, 5.41) is 8.30. The van der Waals surface area contributed by atoms with E-state index in [4.69, 9.17) is 5.11 Å². The van der Waals surface area contributed by atoms with Crippen molar-refractivity contribution in [3.8, 4) is 0 Å². The third kappa shape index (κ3) is 18.3. The summed E-state index contributed by atoms with van der Waals surface area (Å²) in [5.74, 6) is 0. The van der Waals surface area contributed by atoms with Crippen LogP contribution in [0.4, 0.5) is 8.78 Å². The van der Waals surface area contributed by atoms with Crippen molar-refractivity contribution >= 4 is 0 Å². The van der Waals surface area contributed by atoms with E-state index in [2.05, 4.69) is 11.8 Å². The highest BCUT2D eigenvalue weighted by atomic mass is 18.2. The lowest BCUT2D eigenvalue weighted by atomic mass is 10.4. The summed E-state index contributed by atoms with van der Waals surface area (Å²) in [6.45, 7) is 4.67. The van der Waals surface area contributed by atoms with Crippen LogP contribution in [0.2, 0.25) is 0 Å². The van der Waals surface area contributed by atoms with Gasteiger partial charge in [-0.25, -0.2) is 4.39 Å². The molecule has 106 valence electrons. The average Bonchev–Trinajstić information content (AvgIpc) is 2.28. The highest BCUT2D eigenvalue weighted by molar-refractivity contribution is 4.48. The minimum Gasteiger partial charge on any atom is -0.395 e. The molecule has 0 aromatic heterocycles. The van der Waals surface area contributed by atoms with E-state index in [1.165, 1.54) is 0 Å². The quantitative estimate of drug-likeness (QED) is 0.675. The molecule has 0 rings (SSSR count). The van der Waals surface area contributed by atoms with Crippen molar-refractivity contribution < 1.29 is 13.9 Å². The van der Waals surface area contributed by atoms with Gasteiger partial charge in [-0.1, -0.05) is 6.92 Å². The number of rotatable bonds is 9. The number of halogens is 2. The Labute approximate surface area is 104 Å². The molecule has 17 heavy (non-hydrogen) atoms. The molecule has 0 saturated carbocycles. The number of hydrogen-bond acceptors (Lipinski definition) is 3. The van der Waals surface area contributed by atoms with Gasteiger partial charge in [0.2, 0.25) is 0 Å². The molecule has 5 heteroatoms. The van der Waals surface area contributed by atoms with Crippen LogP contribution in [-0.2, 0) is 0 Å². The molecule has 0 bridgehead atoms. The summed E-state index contributed by atoms with van der Waals surface area (Å²) in [7, 11) is 3.80. The Hall–Kier alpha value is -0.260. The molecular formula is C12H28F2N2O. The molecule has 0 amide bonds. The van der Waals surface area contributed by atoms with Crippen molar-refractivity contribution in [3.05, 3.63) is 0 Å². The average molecular weight is 252 g/mol. The zero-order valence-electron chi connectivity index (χ0n) is 11.5. The summed E-state index contributed by atoms with van der Waals surface area (Å²) < 4.78 is 23.0. The number of likely N-dealkylation sites (N-methyl/N-ethyl adjacent to an activating group) is 1. The topological polar surface area (TPSA) is 26.7 Å². The second-order valence-corrected chi connectivity index (χ2v) is 4.06.